The van der Waals surface area contributed by atoms with Crippen molar-refractivity contribution in [2.45, 2.75) is 52.5 Å². The summed E-state index contributed by atoms with van der Waals surface area (Å²) in [4.78, 5) is 15.6. The first-order chi connectivity index (χ1) is 15.1. The van der Waals surface area contributed by atoms with E-state index in [-0.39, 0.29) is 11.8 Å². The number of benzene rings is 2. The number of carbonyl (C=O) groups excluding carboxylic acids is 1. The van der Waals surface area contributed by atoms with E-state index in [9.17, 15) is 4.79 Å². The van der Waals surface area contributed by atoms with Crippen LogP contribution in [0.1, 0.15) is 68.4 Å². The average Bonchev–Trinajstić information content (AvgIpc) is 2.79. The fraction of sp³-hybridized carbons (Fsp3) is 0.385. The molecule has 0 saturated heterocycles. The molecule has 0 radical (unpaired) electrons. The number of thiocarbonyl (C=S) groups is 1. The van der Waals surface area contributed by atoms with Crippen LogP contribution in [0, 0.1) is 0 Å². The lowest BCUT2D eigenvalue weighted by Gasteiger charge is -2.38. The summed E-state index contributed by atoms with van der Waals surface area (Å²) in [5, 5.41) is 4.05. The van der Waals surface area contributed by atoms with Gasteiger partial charge in [0.05, 0.1) is 12.6 Å². The molecule has 0 aliphatic carbocycles. The van der Waals surface area contributed by atoms with Crippen molar-refractivity contribution in [2.75, 3.05) is 13.2 Å². The van der Waals surface area contributed by atoms with Crippen LogP contribution in [0.2, 0.25) is 0 Å². The first-order valence-corrected chi connectivity index (χ1v) is 11.6. The van der Waals surface area contributed by atoms with Crippen molar-refractivity contribution in [3.8, 4) is 5.75 Å². The molecule has 0 saturated carbocycles. The van der Waals surface area contributed by atoms with Gasteiger partial charge in [-0.15, -0.1) is 0 Å². The molecule has 1 atom stereocenters. The first kappa shape index (κ1) is 23.0. The van der Waals surface area contributed by atoms with Crippen LogP contribution in [-0.4, -0.2) is 28.9 Å². The topological polar surface area (TPSA) is 41.6 Å². The minimum Gasteiger partial charge on any atom is -0.493 e. The first-order valence-electron chi connectivity index (χ1n) is 11.2. The Kier molecular flexibility index (Phi) is 8.24. The number of nitrogens with one attached hydrogen (secondary N) is 1. The standard InChI is InChI=1S/C26H32N2O2S/c1-4-6-7-13-18-30-22-17-12-11-16-21(22)24-23(19(3)28(5-2)26(31)27-24)25(29)20-14-9-8-10-15-20/h8-12,14-17,24H,4-7,13,18H2,1-3H3,(H,27,31). The summed E-state index contributed by atoms with van der Waals surface area (Å²) in [6.45, 7) is 7.59. The number of hydrogen-bond donors (Lipinski definition) is 1. The molecule has 2 aromatic carbocycles. The number of ketones is 1. The van der Waals surface area contributed by atoms with E-state index >= 15 is 0 Å². The van der Waals surface area contributed by atoms with Gasteiger partial charge < -0.3 is 15.0 Å². The number of unbranched alkanes of at least 4 members (excludes halogenated alkanes) is 3. The van der Waals surface area contributed by atoms with Crippen LogP contribution < -0.4 is 10.1 Å². The maximum atomic E-state index is 13.6. The second kappa shape index (κ2) is 11.1. The van der Waals surface area contributed by atoms with Crippen LogP contribution in [0.15, 0.2) is 65.9 Å². The van der Waals surface area contributed by atoms with E-state index in [0.29, 0.717) is 29.4 Å². The number of hydrogen-bond acceptors (Lipinski definition) is 3. The molecular weight excluding hydrogens is 404 g/mol. The quantitative estimate of drug-likeness (QED) is 0.279. The molecule has 1 aliphatic heterocycles. The van der Waals surface area contributed by atoms with Gasteiger partial charge in [-0.2, -0.15) is 0 Å². The predicted molar refractivity (Wildman–Crippen MR) is 130 cm³/mol. The third kappa shape index (κ3) is 5.34. The Balaban J connectivity index is 1.98. The number of Topliss-reactive ketones (excluding diaryl/α,β-unsaturated/α-hetero) is 1. The molecule has 1 heterocycles. The van der Waals surface area contributed by atoms with Crippen LogP contribution in [0.3, 0.4) is 0 Å². The highest BCUT2D eigenvalue weighted by atomic mass is 32.1. The lowest BCUT2D eigenvalue weighted by molar-refractivity contribution is 0.102. The maximum absolute atomic E-state index is 13.6. The molecule has 4 nitrogen and oxygen atoms in total. The summed E-state index contributed by atoms with van der Waals surface area (Å²) >= 11 is 5.64. The monoisotopic (exact) mass is 436 g/mol. The summed E-state index contributed by atoms with van der Waals surface area (Å²) in [5.74, 6) is 0.810. The van der Waals surface area contributed by atoms with E-state index in [1.165, 1.54) is 12.8 Å². The number of ether oxygens (including phenoxy) is 1. The molecule has 0 bridgehead atoms. The van der Waals surface area contributed by atoms with Gasteiger partial charge in [-0.25, -0.2) is 0 Å². The Morgan fingerprint density at radius 3 is 2.45 bits per heavy atom. The van der Waals surface area contributed by atoms with Gasteiger partial charge in [-0.1, -0.05) is 74.7 Å². The Labute approximate surface area is 191 Å². The van der Waals surface area contributed by atoms with Crippen molar-refractivity contribution in [3.63, 3.8) is 0 Å². The minimum atomic E-state index is -0.352. The molecule has 0 amide bonds. The Bertz CT molecular complexity index is 939. The van der Waals surface area contributed by atoms with Crippen LogP contribution in [0.4, 0.5) is 0 Å². The Hall–Kier alpha value is -2.66. The smallest absolute Gasteiger partial charge is 0.193 e. The van der Waals surface area contributed by atoms with Gasteiger partial charge in [0, 0.05) is 28.9 Å². The summed E-state index contributed by atoms with van der Waals surface area (Å²) in [5.41, 5.74) is 3.21. The largest absolute Gasteiger partial charge is 0.493 e. The molecule has 31 heavy (non-hydrogen) atoms. The van der Waals surface area contributed by atoms with E-state index in [4.69, 9.17) is 17.0 Å². The second-order valence-corrected chi connectivity index (χ2v) is 8.15. The van der Waals surface area contributed by atoms with Gasteiger partial charge in [-0.05, 0) is 38.6 Å². The van der Waals surface area contributed by atoms with Gasteiger partial charge in [0.25, 0.3) is 0 Å². The molecule has 1 aliphatic rings. The Morgan fingerprint density at radius 2 is 1.74 bits per heavy atom. The SMILES string of the molecule is CCCCCCOc1ccccc1C1NC(=S)N(CC)C(C)=C1C(=O)c1ccccc1. The third-order valence-corrected chi connectivity index (χ3v) is 6.02. The van der Waals surface area contributed by atoms with Crippen molar-refractivity contribution in [2.24, 2.45) is 0 Å². The van der Waals surface area contributed by atoms with Crippen molar-refractivity contribution >= 4 is 23.1 Å². The van der Waals surface area contributed by atoms with Crippen LogP contribution in [0.25, 0.3) is 0 Å². The van der Waals surface area contributed by atoms with Crippen molar-refractivity contribution in [1.82, 2.24) is 10.2 Å². The molecule has 1 unspecified atom stereocenters. The summed E-state index contributed by atoms with van der Waals surface area (Å²) in [6.07, 6.45) is 4.59. The molecule has 164 valence electrons. The fourth-order valence-electron chi connectivity index (χ4n) is 4.00. The summed E-state index contributed by atoms with van der Waals surface area (Å²) < 4.78 is 6.16. The molecule has 5 heteroatoms. The van der Waals surface area contributed by atoms with Crippen molar-refractivity contribution < 1.29 is 9.53 Å². The van der Waals surface area contributed by atoms with Crippen LogP contribution in [0.5, 0.6) is 5.75 Å². The highest BCUT2D eigenvalue weighted by Gasteiger charge is 2.35. The molecule has 0 spiro atoms. The molecule has 1 N–H and O–H groups in total. The number of nitrogens with zero attached hydrogens (tertiary/aromatic N) is 1. The third-order valence-electron chi connectivity index (χ3n) is 5.68. The number of rotatable bonds is 10. The molecule has 2 aromatic rings. The Morgan fingerprint density at radius 1 is 1.03 bits per heavy atom. The van der Waals surface area contributed by atoms with E-state index < -0.39 is 0 Å². The van der Waals surface area contributed by atoms with Crippen molar-refractivity contribution in [1.29, 1.82) is 0 Å². The van der Waals surface area contributed by atoms with Crippen LogP contribution in [-0.2, 0) is 0 Å². The average molecular weight is 437 g/mol. The zero-order valence-corrected chi connectivity index (χ0v) is 19.5. The fourth-order valence-corrected chi connectivity index (χ4v) is 4.38. The van der Waals surface area contributed by atoms with Gasteiger partial charge in [-0.3, -0.25) is 4.79 Å². The molecular formula is C26H32N2O2S. The van der Waals surface area contributed by atoms with Gasteiger partial charge in [0.2, 0.25) is 0 Å². The van der Waals surface area contributed by atoms with E-state index in [1.54, 1.807) is 0 Å². The highest BCUT2D eigenvalue weighted by molar-refractivity contribution is 7.80. The predicted octanol–water partition coefficient (Wildman–Crippen LogP) is 6.05. The maximum Gasteiger partial charge on any atom is 0.193 e. The zero-order valence-electron chi connectivity index (χ0n) is 18.7. The number of carbonyl (C=O) groups is 1. The molecule has 3 rings (SSSR count). The lowest BCUT2D eigenvalue weighted by atomic mass is 9.88. The summed E-state index contributed by atoms with van der Waals surface area (Å²) in [6, 6.07) is 17.0. The van der Waals surface area contributed by atoms with E-state index in [0.717, 1.165) is 29.9 Å². The molecule has 0 fully saturated rings. The highest BCUT2D eigenvalue weighted by Crippen LogP contribution is 2.37. The van der Waals surface area contributed by atoms with Gasteiger partial charge in [0.15, 0.2) is 10.9 Å². The van der Waals surface area contributed by atoms with Crippen LogP contribution >= 0.6 is 12.2 Å². The number of allylic oxidation sites excluding steroid dienone is 1. The summed E-state index contributed by atoms with van der Waals surface area (Å²) in [7, 11) is 0. The van der Waals surface area contributed by atoms with Gasteiger partial charge in [0.1, 0.15) is 5.75 Å². The minimum absolute atomic E-state index is 0.00861. The zero-order chi connectivity index (χ0) is 22.2. The normalized spacial score (nSPS) is 16.3. The second-order valence-electron chi connectivity index (χ2n) is 7.77. The lowest BCUT2D eigenvalue weighted by Crippen LogP contribution is -2.47. The van der Waals surface area contributed by atoms with E-state index in [2.05, 4.69) is 12.2 Å². The number of para-hydroxylation sites is 1. The van der Waals surface area contributed by atoms with Crippen molar-refractivity contribution in [3.05, 3.63) is 77.0 Å². The van der Waals surface area contributed by atoms with Gasteiger partial charge >= 0.3 is 0 Å². The van der Waals surface area contributed by atoms with E-state index in [1.807, 2.05) is 73.3 Å². The molecule has 0 aromatic heterocycles.